The molecule has 0 amide bonds. The van der Waals surface area contributed by atoms with Crippen LogP contribution in [0.25, 0.3) is 0 Å². The van der Waals surface area contributed by atoms with Gasteiger partial charge in [-0.3, -0.25) is 0 Å². The first kappa shape index (κ1) is 14.0. The van der Waals surface area contributed by atoms with Crippen molar-refractivity contribution in [1.82, 2.24) is 5.32 Å². The van der Waals surface area contributed by atoms with Gasteiger partial charge in [0.05, 0.1) is 0 Å². The van der Waals surface area contributed by atoms with Gasteiger partial charge in [-0.1, -0.05) is 58.8 Å². The SMILES string of the molecule is CCCCC1CCCCCC1CNCCC. The van der Waals surface area contributed by atoms with Crippen LogP contribution in [-0.2, 0) is 0 Å². The average molecular weight is 225 g/mol. The second-order valence-corrected chi connectivity index (χ2v) is 5.50. The molecule has 1 fully saturated rings. The van der Waals surface area contributed by atoms with Crippen molar-refractivity contribution in [2.45, 2.75) is 71.6 Å². The molecule has 1 rings (SSSR count). The Morgan fingerprint density at radius 1 is 0.938 bits per heavy atom. The Morgan fingerprint density at radius 2 is 1.69 bits per heavy atom. The smallest absolute Gasteiger partial charge is 0.00179 e. The molecule has 96 valence electrons. The van der Waals surface area contributed by atoms with Gasteiger partial charge in [-0.25, -0.2) is 0 Å². The molecule has 0 spiro atoms. The number of unbranched alkanes of at least 4 members (excludes halogenated alkanes) is 1. The van der Waals surface area contributed by atoms with Gasteiger partial charge in [-0.15, -0.1) is 0 Å². The Labute approximate surface area is 102 Å². The molecule has 0 aromatic rings. The lowest BCUT2D eigenvalue weighted by atomic mass is 9.84. The van der Waals surface area contributed by atoms with Crippen LogP contribution in [-0.4, -0.2) is 13.1 Å². The van der Waals surface area contributed by atoms with Crippen LogP contribution < -0.4 is 5.32 Å². The van der Waals surface area contributed by atoms with Gasteiger partial charge in [-0.05, 0) is 37.8 Å². The largest absolute Gasteiger partial charge is 0.316 e. The minimum atomic E-state index is 0.973. The Kier molecular flexibility index (Phi) is 7.92. The highest BCUT2D eigenvalue weighted by atomic mass is 14.9. The van der Waals surface area contributed by atoms with Gasteiger partial charge >= 0.3 is 0 Å². The van der Waals surface area contributed by atoms with E-state index in [-0.39, 0.29) is 0 Å². The van der Waals surface area contributed by atoms with Crippen molar-refractivity contribution in [3.63, 3.8) is 0 Å². The molecule has 2 unspecified atom stereocenters. The van der Waals surface area contributed by atoms with E-state index >= 15 is 0 Å². The third-order valence-corrected chi connectivity index (χ3v) is 4.08. The Bertz CT molecular complexity index is 156. The van der Waals surface area contributed by atoms with E-state index in [1.54, 1.807) is 0 Å². The van der Waals surface area contributed by atoms with Gasteiger partial charge in [0.15, 0.2) is 0 Å². The van der Waals surface area contributed by atoms with Gasteiger partial charge in [-0.2, -0.15) is 0 Å². The number of hydrogen-bond acceptors (Lipinski definition) is 1. The minimum Gasteiger partial charge on any atom is -0.316 e. The maximum atomic E-state index is 3.64. The molecule has 0 heterocycles. The first-order chi connectivity index (χ1) is 7.88. The van der Waals surface area contributed by atoms with Crippen molar-refractivity contribution < 1.29 is 0 Å². The van der Waals surface area contributed by atoms with Crippen LogP contribution in [0.1, 0.15) is 71.6 Å². The molecule has 16 heavy (non-hydrogen) atoms. The summed E-state index contributed by atoms with van der Waals surface area (Å²) in [7, 11) is 0. The topological polar surface area (TPSA) is 12.0 Å². The van der Waals surface area contributed by atoms with E-state index in [1.807, 2.05) is 0 Å². The van der Waals surface area contributed by atoms with Gasteiger partial charge < -0.3 is 5.32 Å². The predicted molar refractivity (Wildman–Crippen MR) is 72.8 cm³/mol. The molecule has 0 aromatic carbocycles. The lowest BCUT2D eigenvalue weighted by molar-refractivity contribution is 0.278. The highest BCUT2D eigenvalue weighted by Gasteiger charge is 2.22. The van der Waals surface area contributed by atoms with Crippen molar-refractivity contribution in [3.05, 3.63) is 0 Å². The quantitative estimate of drug-likeness (QED) is 0.501. The lowest BCUT2D eigenvalue weighted by Gasteiger charge is -2.25. The van der Waals surface area contributed by atoms with Crippen LogP contribution in [0, 0.1) is 11.8 Å². The summed E-state index contributed by atoms with van der Waals surface area (Å²) in [5.41, 5.74) is 0. The summed E-state index contributed by atoms with van der Waals surface area (Å²) in [6.07, 6.45) is 13.0. The summed E-state index contributed by atoms with van der Waals surface area (Å²) >= 11 is 0. The van der Waals surface area contributed by atoms with Crippen molar-refractivity contribution >= 4 is 0 Å². The highest BCUT2D eigenvalue weighted by molar-refractivity contribution is 4.75. The maximum absolute atomic E-state index is 3.64. The van der Waals surface area contributed by atoms with Crippen molar-refractivity contribution in [2.75, 3.05) is 13.1 Å². The number of hydrogen-bond donors (Lipinski definition) is 1. The van der Waals surface area contributed by atoms with Crippen molar-refractivity contribution in [2.24, 2.45) is 11.8 Å². The van der Waals surface area contributed by atoms with Crippen LogP contribution in [0.15, 0.2) is 0 Å². The van der Waals surface area contributed by atoms with Crippen molar-refractivity contribution in [1.29, 1.82) is 0 Å². The Hall–Kier alpha value is -0.0400. The zero-order valence-electron chi connectivity index (χ0n) is 11.4. The van der Waals surface area contributed by atoms with Gasteiger partial charge in [0.1, 0.15) is 0 Å². The molecule has 0 bridgehead atoms. The van der Waals surface area contributed by atoms with E-state index in [0.717, 1.165) is 11.8 Å². The molecule has 1 heteroatoms. The summed E-state index contributed by atoms with van der Waals surface area (Å²) in [5.74, 6) is 1.99. The molecule has 1 nitrogen and oxygen atoms in total. The van der Waals surface area contributed by atoms with E-state index < -0.39 is 0 Å². The summed E-state index contributed by atoms with van der Waals surface area (Å²) in [6.45, 7) is 7.06. The monoisotopic (exact) mass is 225 g/mol. The fourth-order valence-corrected chi connectivity index (χ4v) is 3.04. The van der Waals surface area contributed by atoms with Crippen molar-refractivity contribution in [3.8, 4) is 0 Å². The second-order valence-electron chi connectivity index (χ2n) is 5.50. The summed E-state index contributed by atoms with van der Waals surface area (Å²) < 4.78 is 0. The zero-order chi connectivity index (χ0) is 11.6. The molecule has 0 saturated heterocycles. The van der Waals surface area contributed by atoms with E-state index in [0.29, 0.717) is 0 Å². The molecule has 0 aromatic heterocycles. The van der Waals surface area contributed by atoms with E-state index in [9.17, 15) is 0 Å². The van der Waals surface area contributed by atoms with E-state index in [1.165, 1.54) is 70.9 Å². The molecule has 1 saturated carbocycles. The fraction of sp³-hybridized carbons (Fsp3) is 1.00. The summed E-state index contributed by atoms with van der Waals surface area (Å²) in [5, 5.41) is 3.64. The van der Waals surface area contributed by atoms with Gasteiger partial charge in [0.2, 0.25) is 0 Å². The number of rotatable bonds is 7. The van der Waals surface area contributed by atoms with E-state index in [4.69, 9.17) is 0 Å². The third-order valence-electron chi connectivity index (χ3n) is 4.08. The van der Waals surface area contributed by atoms with Crippen LogP contribution >= 0.6 is 0 Å². The molecule has 2 atom stereocenters. The average Bonchev–Trinajstić information content (AvgIpc) is 2.52. The molecule has 0 aliphatic heterocycles. The normalized spacial score (nSPS) is 26.6. The van der Waals surface area contributed by atoms with Gasteiger partial charge in [0.25, 0.3) is 0 Å². The fourth-order valence-electron chi connectivity index (χ4n) is 3.04. The first-order valence-corrected chi connectivity index (χ1v) is 7.59. The first-order valence-electron chi connectivity index (χ1n) is 7.59. The van der Waals surface area contributed by atoms with Crippen LogP contribution in [0.2, 0.25) is 0 Å². The predicted octanol–water partition coefficient (Wildman–Crippen LogP) is 4.37. The maximum Gasteiger partial charge on any atom is -0.00179 e. The van der Waals surface area contributed by atoms with Crippen LogP contribution in [0.3, 0.4) is 0 Å². The molecule has 1 aliphatic carbocycles. The highest BCUT2D eigenvalue weighted by Crippen LogP contribution is 2.31. The van der Waals surface area contributed by atoms with Gasteiger partial charge in [0, 0.05) is 0 Å². The minimum absolute atomic E-state index is 0.973. The summed E-state index contributed by atoms with van der Waals surface area (Å²) in [4.78, 5) is 0. The molecule has 0 radical (unpaired) electrons. The molecular weight excluding hydrogens is 194 g/mol. The lowest BCUT2D eigenvalue weighted by Crippen LogP contribution is -2.28. The number of nitrogens with one attached hydrogen (secondary N) is 1. The standard InChI is InChI=1S/C15H31N/c1-3-5-9-14-10-7-6-8-11-15(14)13-16-12-4-2/h14-16H,3-13H2,1-2H3. The molecule has 1 N–H and O–H groups in total. The second kappa shape index (κ2) is 9.04. The van der Waals surface area contributed by atoms with Crippen LogP contribution in [0.5, 0.6) is 0 Å². The summed E-state index contributed by atoms with van der Waals surface area (Å²) in [6, 6.07) is 0. The Balaban J connectivity index is 2.32. The molecular formula is C15H31N. The van der Waals surface area contributed by atoms with E-state index in [2.05, 4.69) is 19.2 Å². The molecule has 1 aliphatic rings. The third kappa shape index (κ3) is 5.34. The zero-order valence-corrected chi connectivity index (χ0v) is 11.4. The Morgan fingerprint density at radius 3 is 2.38 bits per heavy atom. The van der Waals surface area contributed by atoms with Crippen LogP contribution in [0.4, 0.5) is 0 Å².